The van der Waals surface area contributed by atoms with Crippen LogP contribution in [0, 0.1) is 22.7 Å². The Hall–Kier alpha value is -0.0800. The number of hydrogen-bond acceptors (Lipinski definition) is 2. The second-order valence-electron chi connectivity index (χ2n) is 8.11. The molecule has 2 unspecified atom stereocenters. The highest BCUT2D eigenvalue weighted by Crippen LogP contribution is 2.65. The molecule has 4 saturated carbocycles. The molecule has 18 heavy (non-hydrogen) atoms. The minimum absolute atomic E-state index is 0.682. The van der Waals surface area contributed by atoms with E-state index in [0.717, 1.165) is 18.4 Å². The Morgan fingerprint density at radius 3 is 2.39 bits per heavy atom. The predicted molar refractivity (Wildman–Crippen MR) is 76.6 cm³/mol. The fourth-order valence-corrected chi connectivity index (χ4v) is 6.07. The van der Waals surface area contributed by atoms with Crippen LogP contribution in [0.3, 0.4) is 0 Å². The van der Waals surface area contributed by atoms with Gasteiger partial charge in [0.25, 0.3) is 0 Å². The Kier molecular flexibility index (Phi) is 3.22. The summed E-state index contributed by atoms with van der Waals surface area (Å²) in [6, 6.07) is 0. The van der Waals surface area contributed by atoms with E-state index in [1.807, 2.05) is 0 Å². The van der Waals surface area contributed by atoms with Gasteiger partial charge in [0.15, 0.2) is 0 Å². The standard InChI is InChI=1S/C16H30N2/c1-15-7-13-6-14(8-15)10-16(9-13,11-15)12-18(3)5-4-17-2/h13-14,17H,4-12H2,1-3H3. The third kappa shape index (κ3) is 2.34. The van der Waals surface area contributed by atoms with Crippen LogP contribution in [-0.4, -0.2) is 38.6 Å². The van der Waals surface area contributed by atoms with Crippen molar-refractivity contribution < 1.29 is 0 Å². The van der Waals surface area contributed by atoms with Gasteiger partial charge < -0.3 is 10.2 Å². The van der Waals surface area contributed by atoms with Crippen molar-refractivity contribution in [2.75, 3.05) is 33.7 Å². The van der Waals surface area contributed by atoms with Crippen molar-refractivity contribution in [3.63, 3.8) is 0 Å². The van der Waals surface area contributed by atoms with Crippen LogP contribution >= 0.6 is 0 Å². The average Bonchev–Trinajstić information content (AvgIpc) is 2.21. The fraction of sp³-hybridized carbons (Fsp3) is 1.00. The Morgan fingerprint density at radius 2 is 1.83 bits per heavy atom. The highest BCUT2D eigenvalue weighted by atomic mass is 15.1. The van der Waals surface area contributed by atoms with Crippen LogP contribution in [0.1, 0.15) is 45.4 Å². The highest BCUT2D eigenvalue weighted by molar-refractivity contribution is 5.06. The summed E-state index contributed by atoms with van der Waals surface area (Å²) in [4.78, 5) is 2.58. The van der Waals surface area contributed by atoms with E-state index in [2.05, 4.69) is 31.2 Å². The molecule has 0 amide bonds. The predicted octanol–water partition coefficient (Wildman–Crippen LogP) is 2.74. The number of rotatable bonds is 5. The summed E-state index contributed by atoms with van der Waals surface area (Å²) in [6.07, 6.45) is 9.19. The van der Waals surface area contributed by atoms with E-state index < -0.39 is 0 Å². The van der Waals surface area contributed by atoms with Crippen LogP contribution < -0.4 is 5.32 Å². The first-order valence-electron chi connectivity index (χ1n) is 7.86. The number of likely N-dealkylation sites (N-methyl/N-ethyl adjacent to an activating group) is 2. The van der Waals surface area contributed by atoms with Gasteiger partial charge in [-0.3, -0.25) is 0 Å². The van der Waals surface area contributed by atoms with Gasteiger partial charge in [0, 0.05) is 19.6 Å². The lowest BCUT2D eigenvalue weighted by molar-refractivity contribution is -0.111. The molecule has 0 aromatic heterocycles. The van der Waals surface area contributed by atoms with Gasteiger partial charge >= 0.3 is 0 Å². The molecule has 104 valence electrons. The summed E-state index contributed by atoms with van der Waals surface area (Å²) in [5.74, 6) is 2.13. The molecule has 0 aromatic rings. The number of nitrogens with zero attached hydrogens (tertiary/aromatic N) is 1. The lowest BCUT2D eigenvalue weighted by Crippen LogP contribution is -2.54. The van der Waals surface area contributed by atoms with Gasteiger partial charge in [0.1, 0.15) is 0 Å². The van der Waals surface area contributed by atoms with Crippen molar-refractivity contribution in [2.24, 2.45) is 22.7 Å². The maximum Gasteiger partial charge on any atom is 0.0104 e. The van der Waals surface area contributed by atoms with Crippen LogP contribution in [0.15, 0.2) is 0 Å². The van der Waals surface area contributed by atoms with E-state index in [1.165, 1.54) is 45.2 Å². The van der Waals surface area contributed by atoms with Crippen molar-refractivity contribution in [1.29, 1.82) is 0 Å². The molecule has 0 aromatic carbocycles. The van der Waals surface area contributed by atoms with Crippen LogP contribution in [0.5, 0.6) is 0 Å². The van der Waals surface area contributed by atoms with Crippen LogP contribution in [-0.2, 0) is 0 Å². The molecule has 2 heteroatoms. The van der Waals surface area contributed by atoms with Crippen molar-refractivity contribution in [1.82, 2.24) is 10.2 Å². The third-order valence-corrected chi connectivity index (χ3v) is 5.82. The molecule has 1 N–H and O–H groups in total. The SMILES string of the molecule is CNCCN(C)CC12CC3CC(CC(C)(C3)C1)C2. The largest absolute Gasteiger partial charge is 0.318 e. The Morgan fingerprint density at radius 1 is 1.17 bits per heavy atom. The smallest absolute Gasteiger partial charge is 0.0104 e. The molecular formula is C16H30N2. The van der Waals surface area contributed by atoms with Gasteiger partial charge in [-0.25, -0.2) is 0 Å². The second-order valence-corrected chi connectivity index (χ2v) is 8.11. The van der Waals surface area contributed by atoms with Crippen molar-refractivity contribution in [2.45, 2.75) is 45.4 Å². The van der Waals surface area contributed by atoms with E-state index in [0.29, 0.717) is 10.8 Å². The first-order valence-corrected chi connectivity index (χ1v) is 7.86. The van der Waals surface area contributed by atoms with E-state index >= 15 is 0 Å². The van der Waals surface area contributed by atoms with E-state index in [1.54, 1.807) is 6.42 Å². The molecule has 0 aliphatic heterocycles. The summed E-state index contributed by atoms with van der Waals surface area (Å²) >= 11 is 0. The lowest BCUT2D eigenvalue weighted by Gasteiger charge is -2.62. The van der Waals surface area contributed by atoms with Crippen molar-refractivity contribution in [3.8, 4) is 0 Å². The maximum atomic E-state index is 3.27. The van der Waals surface area contributed by atoms with E-state index in [-0.39, 0.29) is 0 Å². The van der Waals surface area contributed by atoms with Crippen LogP contribution in [0.4, 0.5) is 0 Å². The molecule has 0 heterocycles. The van der Waals surface area contributed by atoms with Gasteiger partial charge in [0.2, 0.25) is 0 Å². The van der Waals surface area contributed by atoms with E-state index in [9.17, 15) is 0 Å². The quantitative estimate of drug-likeness (QED) is 0.807. The molecule has 4 rings (SSSR count). The first-order chi connectivity index (χ1) is 8.53. The van der Waals surface area contributed by atoms with Gasteiger partial charge in [-0.1, -0.05) is 6.92 Å². The van der Waals surface area contributed by atoms with E-state index in [4.69, 9.17) is 0 Å². The molecule has 4 fully saturated rings. The Labute approximate surface area is 113 Å². The minimum atomic E-state index is 0.682. The summed E-state index contributed by atoms with van der Waals surface area (Å²) < 4.78 is 0. The van der Waals surface area contributed by atoms with Crippen LogP contribution in [0.2, 0.25) is 0 Å². The highest BCUT2D eigenvalue weighted by Gasteiger charge is 2.55. The first kappa shape index (κ1) is 12.9. The zero-order valence-electron chi connectivity index (χ0n) is 12.5. The van der Waals surface area contributed by atoms with Crippen LogP contribution in [0.25, 0.3) is 0 Å². The lowest BCUT2D eigenvalue weighted by atomic mass is 9.44. The van der Waals surface area contributed by atoms with Gasteiger partial charge in [0.05, 0.1) is 0 Å². The normalized spacial score (nSPS) is 46.0. The van der Waals surface area contributed by atoms with Gasteiger partial charge in [-0.15, -0.1) is 0 Å². The summed E-state index contributed by atoms with van der Waals surface area (Å²) in [7, 11) is 4.37. The Balaban J connectivity index is 1.67. The molecule has 2 atom stereocenters. The summed E-state index contributed by atoms with van der Waals surface area (Å²) in [6.45, 7) is 6.24. The molecule has 0 spiro atoms. The number of hydrogen-bond donors (Lipinski definition) is 1. The summed E-state index contributed by atoms with van der Waals surface area (Å²) in [5.41, 5.74) is 1.38. The fourth-order valence-electron chi connectivity index (χ4n) is 6.07. The topological polar surface area (TPSA) is 15.3 Å². The Bertz CT molecular complexity index is 298. The maximum absolute atomic E-state index is 3.27. The zero-order chi connectivity index (χ0) is 12.8. The van der Waals surface area contributed by atoms with Crippen molar-refractivity contribution >= 4 is 0 Å². The number of nitrogens with one attached hydrogen (secondary N) is 1. The minimum Gasteiger partial charge on any atom is -0.318 e. The third-order valence-electron chi connectivity index (χ3n) is 5.82. The average molecular weight is 250 g/mol. The summed E-state index contributed by atoms with van der Waals surface area (Å²) in [5, 5.41) is 3.27. The monoisotopic (exact) mass is 250 g/mol. The molecule has 0 saturated heterocycles. The molecule has 4 aliphatic carbocycles. The molecule has 2 nitrogen and oxygen atoms in total. The second kappa shape index (κ2) is 4.49. The zero-order valence-corrected chi connectivity index (χ0v) is 12.5. The van der Waals surface area contributed by atoms with Gasteiger partial charge in [-0.2, -0.15) is 0 Å². The molecule has 4 bridgehead atoms. The molecule has 0 radical (unpaired) electrons. The van der Waals surface area contributed by atoms with Crippen molar-refractivity contribution in [3.05, 3.63) is 0 Å². The molecule has 4 aliphatic rings. The van der Waals surface area contributed by atoms with Gasteiger partial charge in [-0.05, 0) is 75.3 Å². The molecular weight excluding hydrogens is 220 g/mol.